The van der Waals surface area contributed by atoms with Crippen molar-refractivity contribution in [3.8, 4) is 5.75 Å². The van der Waals surface area contributed by atoms with Gasteiger partial charge in [0, 0.05) is 0 Å². The predicted molar refractivity (Wildman–Crippen MR) is 51.7 cm³/mol. The topological polar surface area (TPSA) is 52.3 Å². The standard InChI is InChI=1S/C10H8F3NO2/c1-2-6-3-4-8(16-10(11,12)13)7(5-6)9(14)15/h2-5H,1H2,(H2,14,15). The van der Waals surface area contributed by atoms with E-state index in [0.29, 0.717) is 5.56 Å². The number of ether oxygens (including phenoxy) is 1. The summed E-state index contributed by atoms with van der Waals surface area (Å²) in [6, 6.07) is 3.53. The van der Waals surface area contributed by atoms with Crippen LogP contribution >= 0.6 is 0 Å². The molecular formula is C10H8F3NO2. The Morgan fingerprint density at radius 3 is 2.50 bits per heavy atom. The molecule has 1 rings (SSSR count). The van der Waals surface area contributed by atoms with E-state index in [0.717, 1.165) is 6.07 Å². The Labute approximate surface area is 89.3 Å². The third-order valence-corrected chi connectivity index (χ3v) is 1.73. The maximum atomic E-state index is 12.0. The molecule has 86 valence electrons. The number of carbonyl (C=O) groups excluding carboxylic acids is 1. The van der Waals surface area contributed by atoms with Crippen LogP contribution in [0, 0.1) is 0 Å². The molecule has 1 amide bonds. The van der Waals surface area contributed by atoms with Crippen molar-refractivity contribution in [3.63, 3.8) is 0 Å². The lowest BCUT2D eigenvalue weighted by molar-refractivity contribution is -0.274. The zero-order chi connectivity index (χ0) is 12.3. The van der Waals surface area contributed by atoms with Gasteiger partial charge in [-0.15, -0.1) is 13.2 Å². The summed E-state index contributed by atoms with van der Waals surface area (Å²) in [6.45, 7) is 3.42. The van der Waals surface area contributed by atoms with Crippen molar-refractivity contribution < 1.29 is 22.7 Å². The number of primary amides is 1. The average molecular weight is 231 g/mol. The van der Waals surface area contributed by atoms with Crippen molar-refractivity contribution in [2.75, 3.05) is 0 Å². The van der Waals surface area contributed by atoms with Crippen LogP contribution in [0.15, 0.2) is 24.8 Å². The largest absolute Gasteiger partial charge is 0.573 e. The second kappa shape index (κ2) is 4.26. The van der Waals surface area contributed by atoms with Crippen LogP contribution in [0.3, 0.4) is 0 Å². The zero-order valence-corrected chi connectivity index (χ0v) is 8.04. The van der Waals surface area contributed by atoms with Gasteiger partial charge < -0.3 is 10.5 Å². The first-order valence-electron chi connectivity index (χ1n) is 4.15. The van der Waals surface area contributed by atoms with E-state index in [1.54, 1.807) is 0 Å². The highest BCUT2D eigenvalue weighted by Gasteiger charge is 2.32. The maximum absolute atomic E-state index is 12.0. The first-order valence-corrected chi connectivity index (χ1v) is 4.15. The van der Waals surface area contributed by atoms with Crippen LogP contribution in [0.5, 0.6) is 5.75 Å². The first-order chi connectivity index (χ1) is 7.33. The summed E-state index contributed by atoms with van der Waals surface area (Å²) in [5.74, 6) is -1.62. The molecule has 0 fully saturated rings. The van der Waals surface area contributed by atoms with Gasteiger partial charge in [-0.2, -0.15) is 0 Å². The smallest absolute Gasteiger partial charge is 0.405 e. The van der Waals surface area contributed by atoms with E-state index in [1.807, 2.05) is 0 Å². The van der Waals surface area contributed by atoms with E-state index in [2.05, 4.69) is 11.3 Å². The Hall–Kier alpha value is -1.98. The van der Waals surface area contributed by atoms with Crippen LogP contribution in [-0.4, -0.2) is 12.3 Å². The molecule has 1 aromatic rings. The summed E-state index contributed by atoms with van der Waals surface area (Å²) in [6.07, 6.45) is -3.48. The molecule has 0 saturated heterocycles. The van der Waals surface area contributed by atoms with E-state index in [1.165, 1.54) is 18.2 Å². The van der Waals surface area contributed by atoms with Crippen LogP contribution in [0.25, 0.3) is 6.08 Å². The van der Waals surface area contributed by atoms with Gasteiger partial charge in [0.2, 0.25) is 0 Å². The van der Waals surface area contributed by atoms with E-state index in [-0.39, 0.29) is 5.56 Å². The molecule has 0 spiro atoms. The van der Waals surface area contributed by atoms with Gasteiger partial charge in [0.25, 0.3) is 5.91 Å². The molecule has 0 atom stereocenters. The Kier molecular flexibility index (Phi) is 3.22. The van der Waals surface area contributed by atoms with E-state index in [4.69, 9.17) is 5.73 Å². The number of halogens is 3. The lowest BCUT2D eigenvalue weighted by atomic mass is 10.1. The van der Waals surface area contributed by atoms with E-state index < -0.39 is 18.0 Å². The molecule has 0 unspecified atom stereocenters. The van der Waals surface area contributed by atoms with Crippen LogP contribution in [0.4, 0.5) is 13.2 Å². The normalized spacial score (nSPS) is 10.9. The van der Waals surface area contributed by atoms with Crippen molar-refractivity contribution >= 4 is 12.0 Å². The highest BCUT2D eigenvalue weighted by molar-refractivity contribution is 5.96. The number of rotatable bonds is 3. The second-order valence-corrected chi connectivity index (χ2v) is 2.87. The molecule has 0 heterocycles. The number of benzene rings is 1. The molecule has 0 aliphatic carbocycles. The average Bonchev–Trinajstić information content (AvgIpc) is 2.15. The van der Waals surface area contributed by atoms with Gasteiger partial charge in [-0.05, 0) is 17.7 Å². The summed E-state index contributed by atoms with van der Waals surface area (Å²) in [5.41, 5.74) is 5.07. The monoisotopic (exact) mass is 231 g/mol. The number of nitrogens with two attached hydrogens (primary N) is 1. The summed E-state index contributed by atoms with van der Waals surface area (Å²) < 4.78 is 39.6. The minimum Gasteiger partial charge on any atom is -0.405 e. The minimum absolute atomic E-state index is 0.338. The number of alkyl halides is 3. The van der Waals surface area contributed by atoms with Crippen molar-refractivity contribution in [3.05, 3.63) is 35.9 Å². The molecule has 2 N–H and O–H groups in total. The third-order valence-electron chi connectivity index (χ3n) is 1.73. The van der Waals surface area contributed by atoms with Crippen molar-refractivity contribution in [1.82, 2.24) is 0 Å². The minimum atomic E-state index is -4.86. The van der Waals surface area contributed by atoms with Gasteiger partial charge >= 0.3 is 6.36 Å². The Morgan fingerprint density at radius 1 is 1.44 bits per heavy atom. The first kappa shape index (κ1) is 12.1. The summed E-state index contributed by atoms with van der Waals surface area (Å²) in [4.78, 5) is 10.9. The van der Waals surface area contributed by atoms with E-state index in [9.17, 15) is 18.0 Å². The number of carbonyl (C=O) groups is 1. The fourth-order valence-corrected chi connectivity index (χ4v) is 1.08. The van der Waals surface area contributed by atoms with Gasteiger partial charge in [0.1, 0.15) is 5.75 Å². The fourth-order valence-electron chi connectivity index (χ4n) is 1.08. The van der Waals surface area contributed by atoms with Gasteiger partial charge in [0.05, 0.1) is 5.56 Å². The molecule has 16 heavy (non-hydrogen) atoms. The SMILES string of the molecule is C=Cc1ccc(OC(F)(F)F)c(C(N)=O)c1. The van der Waals surface area contributed by atoms with Gasteiger partial charge in [-0.1, -0.05) is 18.7 Å². The predicted octanol–water partition coefficient (Wildman–Crippen LogP) is 2.33. The Bertz CT molecular complexity index is 427. The molecule has 0 aliphatic heterocycles. The Morgan fingerprint density at radius 2 is 2.06 bits per heavy atom. The van der Waals surface area contributed by atoms with Gasteiger partial charge in [-0.3, -0.25) is 4.79 Å². The number of hydrogen-bond donors (Lipinski definition) is 1. The molecule has 0 saturated carbocycles. The summed E-state index contributed by atoms with van der Waals surface area (Å²) in [5, 5.41) is 0. The van der Waals surface area contributed by atoms with Crippen LogP contribution < -0.4 is 10.5 Å². The molecule has 3 nitrogen and oxygen atoms in total. The van der Waals surface area contributed by atoms with Gasteiger partial charge in [-0.25, -0.2) is 0 Å². The molecule has 0 aliphatic rings. The maximum Gasteiger partial charge on any atom is 0.573 e. The van der Waals surface area contributed by atoms with Crippen molar-refractivity contribution in [2.24, 2.45) is 5.73 Å². The zero-order valence-electron chi connectivity index (χ0n) is 8.04. The van der Waals surface area contributed by atoms with Crippen molar-refractivity contribution in [2.45, 2.75) is 6.36 Å². The second-order valence-electron chi connectivity index (χ2n) is 2.87. The molecule has 1 aromatic carbocycles. The lowest BCUT2D eigenvalue weighted by Crippen LogP contribution is -2.21. The van der Waals surface area contributed by atoms with Crippen LogP contribution in [0.2, 0.25) is 0 Å². The molecule has 6 heteroatoms. The molecule has 0 aromatic heterocycles. The fraction of sp³-hybridized carbons (Fsp3) is 0.100. The summed E-state index contributed by atoms with van der Waals surface area (Å²) >= 11 is 0. The molecule has 0 radical (unpaired) electrons. The molecule has 0 bridgehead atoms. The van der Waals surface area contributed by atoms with Gasteiger partial charge in [0.15, 0.2) is 0 Å². The highest BCUT2D eigenvalue weighted by Crippen LogP contribution is 2.27. The highest BCUT2D eigenvalue weighted by atomic mass is 19.4. The Balaban J connectivity index is 3.18. The third kappa shape index (κ3) is 3.01. The quantitative estimate of drug-likeness (QED) is 0.867. The van der Waals surface area contributed by atoms with Crippen molar-refractivity contribution in [1.29, 1.82) is 0 Å². The van der Waals surface area contributed by atoms with E-state index >= 15 is 0 Å². The number of hydrogen-bond acceptors (Lipinski definition) is 2. The number of amides is 1. The molecular weight excluding hydrogens is 223 g/mol. The summed E-state index contributed by atoms with van der Waals surface area (Å²) in [7, 11) is 0. The lowest BCUT2D eigenvalue weighted by Gasteiger charge is -2.11. The van der Waals surface area contributed by atoms with Crippen LogP contribution in [0.1, 0.15) is 15.9 Å². The van der Waals surface area contributed by atoms with Crippen LogP contribution in [-0.2, 0) is 0 Å².